The molecule has 2 saturated heterocycles. The van der Waals surface area contributed by atoms with Crippen molar-refractivity contribution >= 4 is 15.9 Å². The highest BCUT2D eigenvalue weighted by atomic mass is 32.2. The van der Waals surface area contributed by atoms with Gasteiger partial charge in [0.2, 0.25) is 10.0 Å². The molecule has 4 rings (SSSR count). The van der Waals surface area contributed by atoms with Gasteiger partial charge in [0.05, 0.1) is 17.6 Å². The second-order valence-electron chi connectivity index (χ2n) is 8.63. The predicted octanol–water partition coefficient (Wildman–Crippen LogP) is 4.07. The molecule has 2 aromatic carbocycles. The molecule has 32 heavy (non-hydrogen) atoms. The minimum Gasteiger partial charge on any atom is -0.373 e. The van der Waals surface area contributed by atoms with Crippen LogP contribution in [0, 0.1) is 0 Å². The van der Waals surface area contributed by atoms with Gasteiger partial charge in [0.1, 0.15) is 0 Å². The van der Waals surface area contributed by atoms with Crippen LogP contribution in [0.3, 0.4) is 0 Å². The number of likely N-dealkylation sites (tertiary alicyclic amines) is 1. The molecule has 2 aromatic rings. The van der Waals surface area contributed by atoms with Gasteiger partial charge in [-0.15, -0.1) is 0 Å². The summed E-state index contributed by atoms with van der Waals surface area (Å²) in [6.07, 6.45) is 5.60. The molecule has 2 heterocycles. The van der Waals surface area contributed by atoms with Crippen molar-refractivity contribution < 1.29 is 17.9 Å². The van der Waals surface area contributed by atoms with Crippen LogP contribution in [-0.4, -0.2) is 55.8 Å². The number of amides is 1. The highest BCUT2D eigenvalue weighted by Crippen LogP contribution is 2.23. The SMILES string of the molecule is O=C(c1cccc(S(=O)(=O)N2CCCCCC2)c1)N1CCC(OCc2ccccc2)CC1. The lowest BCUT2D eigenvalue weighted by atomic mass is 10.1. The summed E-state index contributed by atoms with van der Waals surface area (Å²) in [5.74, 6) is -0.112. The largest absolute Gasteiger partial charge is 0.373 e. The van der Waals surface area contributed by atoms with Crippen LogP contribution >= 0.6 is 0 Å². The van der Waals surface area contributed by atoms with Crippen LogP contribution in [-0.2, 0) is 21.4 Å². The van der Waals surface area contributed by atoms with Gasteiger partial charge in [0, 0.05) is 31.7 Å². The number of hydrogen-bond acceptors (Lipinski definition) is 4. The maximum Gasteiger partial charge on any atom is 0.253 e. The zero-order valence-electron chi connectivity index (χ0n) is 18.5. The van der Waals surface area contributed by atoms with Gasteiger partial charge in [-0.1, -0.05) is 49.2 Å². The van der Waals surface area contributed by atoms with Crippen molar-refractivity contribution in [3.8, 4) is 0 Å². The van der Waals surface area contributed by atoms with E-state index in [2.05, 4.69) is 0 Å². The van der Waals surface area contributed by atoms with E-state index in [4.69, 9.17) is 4.74 Å². The van der Waals surface area contributed by atoms with E-state index in [1.807, 2.05) is 30.3 Å². The second-order valence-corrected chi connectivity index (χ2v) is 10.6. The number of carbonyl (C=O) groups excluding carboxylic acids is 1. The van der Waals surface area contributed by atoms with E-state index < -0.39 is 10.0 Å². The monoisotopic (exact) mass is 456 g/mol. The van der Waals surface area contributed by atoms with Crippen molar-refractivity contribution in [3.05, 3.63) is 65.7 Å². The molecule has 2 fully saturated rings. The normalized spacial score (nSPS) is 18.9. The van der Waals surface area contributed by atoms with Gasteiger partial charge in [0.25, 0.3) is 5.91 Å². The number of rotatable bonds is 6. The number of piperidine rings is 1. The lowest BCUT2D eigenvalue weighted by molar-refractivity contribution is -0.000385. The Morgan fingerprint density at radius 2 is 1.56 bits per heavy atom. The Labute approximate surface area is 191 Å². The summed E-state index contributed by atoms with van der Waals surface area (Å²) >= 11 is 0. The van der Waals surface area contributed by atoms with Gasteiger partial charge < -0.3 is 9.64 Å². The first-order valence-electron chi connectivity index (χ1n) is 11.6. The zero-order chi connectivity index (χ0) is 22.4. The fourth-order valence-electron chi connectivity index (χ4n) is 4.42. The van der Waals surface area contributed by atoms with E-state index in [9.17, 15) is 13.2 Å². The third-order valence-corrected chi connectivity index (χ3v) is 8.24. The molecular formula is C25H32N2O4S. The highest BCUT2D eigenvalue weighted by molar-refractivity contribution is 7.89. The van der Waals surface area contributed by atoms with Gasteiger partial charge in [-0.3, -0.25) is 4.79 Å². The molecule has 0 radical (unpaired) electrons. The minimum atomic E-state index is -3.57. The van der Waals surface area contributed by atoms with Crippen molar-refractivity contribution in [3.63, 3.8) is 0 Å². The van der Waals surface area contributed by atoms with Gasteiger partial charge >= 0.3 is 0 Å². The molecule has 1 amide bonds. The van der Waals surface area contributed by atoms with E-state index in [0.29, 0.717) is 38.3 Å². The number of hydrogen-bond donors (Lipinski definition) is 0. The Hall–Kier alpha value is -2.22. The van der Waals surface area contributed by atoms with Gasteiger partial charge in [-0.05, 0) is 49.4 Å². The Kier molecular flexibility index (Phi) is 7.60. The fourth-order valence-corrected chi connectivity index (χ4v) is 5.98. The van der Waals surface area contributed by atoms with Gasteiger partial charge in [-0.2, -0.15) is 4.31 Å². The average molecular weight is 457 g/mol. The number of ether oxygens (including phenoxy) is 1. The maximum atomic E-state index is 13.1. The molecule has 0 unspecified atom stereocenters. The van der Waals surface area contributed by atoms with Crippen LogP contribution in [0.15, 0.2) is 59.5 Å². The van der Waals surface area contributed by atoms with Crippen LogP contribution in [0.2, 0.25) is 0 Å². The van der Waals surface area contributed by atoms with Crippen molar-refractivity contribution in [1.82, 2.24) is 9.21 Å². The smallest absolute Gasteiger partial charge is 0.253 e. The minimum absolute atomic E-state index is 0.112. The number of sulfonamides is 1. The third kappa shape index (κ3) is 5.57. The second kappa shape index (κ2) is 10.6. The summed E-state index contributed by atoms with van der Waals surface area (Å²) in [7, 11) is -3.57. The van der Waals surface area contributed by atoms with Gasteiger partial charge in [-0.25, -0.2) is 8.42 Å². The van der Waals surface area contributed by atoms with E-state index >= 15 is 0 Å². The van der Waals surface area contributed by atoms with Crippen molar-refractivity contribution in [2.75, 3.05) is 26.2 Å². The summed E-state index contributed by atoms with van der Waals surface area (Å²) < 4.78 is 33.8. The Bertz CT molecular complexity index is 994. The molecule has 0 saturated carbocycles. The van der Waals surface area contributed by atoms with E-state index in [1.165, 1.54) is 0 Å². The Morgan fingerprint density at radius 3 is 2.25 bits per heavy atom. The Balaban J connectivity index is 1.36. The first kappa shape index (κ1) is 23.0. The van der Waals surface area contributed by atoms with Crippen LogP contribution in [0.25, 0.3) is 0 Å². The van der Waals surface area contributed by atoms with E-state index in [0.717, 1.165) is 44.1 Å². The molecule has 6 nitrogen and oxygen atoms in total. The lowest BCUT2D eigenvalue weighted by Crippen LogP contribution is -2.41. The quantitative estimate of drug-likeness (QED) is 0.657. The molecule has 0 bridgehead atoms. The number of benzene rings is 2. The lowest BCUT2D eigenvalue weighted by Gasteiger charge is -2.32. The highest BCUT2D eigenvalue weighted by Gasteiger charge is 2.28. The van der Waals surface area contributed by atoms with Crippen LogP contribution in [0.4, 0.5) is 0 Å². The predicted molar refractivity (Wildman–Crippen MR) is 124 cm³/mol. The van der Waals surface area contributed by atoms with Crippen molar-refractivity contribution in [1.29, 1.82) is 0 Å². The molecule has 172 valence electrons. The summed E-state index contributed by atoms with van der Waals surface area (Å²) in [4.78, 5) is 15.1. The van der Waals surface area contributed by atoms with Gasteiger partial charge in [0.15, 0.2) is 0 Å². The Morgan fingerprint density at radius 1 is 0.875 bits per heavy atom. The van der Waals surface area contributed by atoms with Crippen molar-refractivity contribution in [2.24, 2.45) is 0 Å². The van der Waals surface area contributed by atoms with Crippen LogP contribution in [0.5, 0.6) is 0 Å². The molecule has 7 heteroatoms. The molecule has 0 aliphatic carbocycles. The average Bonchev–Trinajstić information content (AvgIpc) is 3.14. The molecule has 2 aliphatic heterocycles. The summed E-state index contributed by atoms with van der Waals surface area (Å²) in [5, 5.41) is 0. The maximum absolute atomic E-state index is 13.1. The molecule has 0 atom stereocenters. The summed E-state index contributed by atoms with van der Waals surface area (Å²) in [6, 6.07) is 16.6. The topological polar surface area (TPSA) is 66.9 Å². The van der Waals surface area contributed by atoms with Crippen molar-refractivity contribution in [2.45, 2.75) is 56.1 Å². The summed E-state index contributed by atoms with van der Waals surface area (Å²) in [6.45, 7) is 2.91. The first-order valence-corrected chi connectivity index (χ1v) is 13.0. The third-order valence-electron chi connectivity index (χ3n) is 6.34. The summed E-state index contributed by atoms with van der Waals surface area (Å²) in [5.41, 5.74) is 1.58. The number of carbonyl (C=O) groups is 1. The molecule has 0 spiro atoms. The zero-order valence-corrected chi connectivity index (χ0v) is 19.3. The molecule has 0 aromatic heterocycles. The first-order chi connectivity index (χ1) is 15.5. The molecular weight excluding hydrogens is 424 g/mol. The fraction of sp³-hybridized carbons (Fsp3) is 0.480. The van der Waals surface area contributed by atoms with E-state index in [1.54, 1.807) is 33.5 Å². The standard InChI is InChI=1S/C25H32N2O4S/c28-25(26-17-13-23(14-18-26)31-20-21-9-4-3-5-10-21)22-11-8-12-24(19-22)32(29,30)27-15-6-1-2-7-16-27/h3-5,8-12,19,23H,1-2,6-7,13-18,20H2. The number of nitrogens with zero attached hydrogens (tertiary/aromatic N) is 2. The van der Waals surface area contributed by atoms with Crippen LogP contribution < -0.4 is 0 Å². The molecule has 0 N–H and O–H groups in total. The van der Waals surface area contributed by atoms with Crippen LogP contribution in [0.1, 0.15) is 54.4 Å². The van der Waals surface area contributed by atoms with E-state index in [-0.39, 0.29) is 16.9 Å². The molecule has 2 aliphatic rings.